The van der Waals surface area contributed by atoms with Gasteiger partial charge in [-0.05, 0) is 24.3 Å². The number of rotatable bonds is 3. The number of aliphatic hydroxyl groups is 1. The summed E-state index contributed by atoms with van der Waals surface area (Å²) < 4.78 is 1.85. The van der Waals surface area contributed by atoms with Crippen LogP contribution in [0.3, 0.4) is 0 Å². The zero-order valence-electron chi connectivity index (χ0n) is 7.32. The van der Waals surface area contributed by atoms with Gasteiger partial charge in [-0.2, -0.15) is 5.10 Å². The summed E-state index contributed by atoms with van der Waals surface area (Å²) in [6.07, 6.45) is 5.38. The van der Waals surface area contributed by atoms with Crippen LogP contribution < -0.4 is 0 Å². The van der Waals surface area contributed by atoms with Gasteiger partial charge in [0.05, 0.1) is 5.69 Å². The quantitative estimate of drug-likeness (QED) is 0.722. The second-order valence-corrected chi connectivity index (χ2v) is 3.45. The molecule has 0 aliphatic heterocycles. The van der Waals surface area contributed by atoms with Crippen molar-refractivity contribution in [1.82, 2.24) is 9.78 Å². The highest BCUT2D eigenvalue weighted by atomic mass is 16.3. The largest absolute Gasteiger partial charge is 0.396 e. The predicted molar refractivity (Wildman–Crippen MR) is 46.0 cm³/mol. The van der Waals surface area contributed by atoms with E-state index in [-0.39, 0.29) is 6.61 Å². The summed E-state index contributed by atoms with van der Waals surface area (Å²) in [6.45, 7) is 0.205. The van der Waals surface area contributed by atoms with Crippen molar-refractivity contribution in [2.75, 3.05) is 6.61 Å². The Hall–Kier alpha value is -0.830. The lowest BCUT2D eigenvalue weighted by atomic mass is 10.1. The predicted octanol–water partition coefficient (Wildman–Crippen LogP) is 0.832. The standard InChI is InChI=1S/C9H14N2O/c1-11-6-8(7-2-3-7)9(10-11)4-5-12/h6-7,12H,2-5H2,1H3. The lowest BCUT2D eigenvalue weighted by Crippen LogP contribution is -1.96. The molecule has 0 saturated heterocycles. The number of aryl methyl sites for hydroxylation is 1. The average molecular weight is 166 g/mol. The lowest BCUT2D eigenvalue weighted by molar-refractivity contribution is 0.297. The van der Waals surface area contributed by atoms with Crippen molar-refractivity contribution in [1.29, 1.82) is 0 Å². The van der Waals surface area contributed by atoms with E-state index in [1.165, 1.54) is 18.4 Å². The first-order valence-corrected chi connectivity index (χ1v) is 4.44. The van der Waals surface area contributed by atoms with Crippen LogP contribution in [0.25, 0.3) is 0 Å². The SMILES string of the molecule is Cn1cc(C2CC2)c(CCO)n1. The van der Waals surface area contributed by atoms with Crippen LogP contribution in [0.2, 0.25) is 0 Å². The first kappa shape index (κ1) is 7.80. The van der Waals surface area contributed by atoms with E-state index in [2.05, 4.69) is 11.3 Å². The van der Waals surface area contributed by atoms with Gasteiger partial charge in [-0.3, -0.25) is 4.68 Å². The molecule has 1 N–H and O–H groups in total. The van der Waals surface area contributed by atoms with Crippen molar-refractivity contribution in [3.63, 3.8) is 0 Å². The van der Waals surface area contributed by atoms with Crippen LogP contribution in [0.15, 0.2) is 6.20 Å². The van der Waals surface area contributed by atoms with Gasteiger partial charge in [-0.15, -0.1) is 0 Å². The van der Waals surface area contributed by atoms with E-state index >= 15 is 0 Å². The average Bonchev–Trinajstić information content (AvgIpc) is 2.79. The Morgan fingerprint density at radius 3 is 3.00 bits per heavy atom. The maximum absolute atomic E-state index is 8.81. The number of hydrogen-bond acceptors (Lipinski definition) is 2. The Labute approximate surface area is 72.0 Å². The van der Waals surface area contributed by atoms with Gasteiger partial charge in [0.15, 0.2) is 0 Å². The molecule has 1 aliphatic carbocycles. The second-order valence-electron chi connectivity index (χ2n) is 3.45. The maximum atomic E-state index is 8.81. The summed E-state index contributed by atoms with van der Waals surface area (Å²) in [5.41, 5.74) is 2.44. The molecule has 3 nitrogen and oxygen atoms in total. The smallest absolute Gasteiger partial charge is 0.0682 e. The van der Waals surface area contributed by atoms with Crippen molar-refractivity contribution >= 4 is 0 Å². The zero-order chi connectivity index (χ0) is 8.55. The minimum absolute atomic E-state index is 0.205. The fourth-order valence-electron chi connectivity index (χ4n) is 1.59. The van der Waals surface area contributed by atoms with E-state index in [0.717, 1.165) is 11.6 Å². The molecule has 0 atom stereocenters. The zero-order valence-corrected chi connectivity index (χ0v) is 7.32. The van der Waals surface area contributed by atoms with Gasteiger partial charge in [-0.25, -0.2) is 0 Å². The van der Waals surface area contributed by atoms with Crippen LogP contribution >= 0.6 is 0 Å². The van der Waals surface area contributed by atoms with Crippen molar-refractivity contribution in [3.05, 3.63) is 17.5 Å². The number of aliphatic hydroxyl groups excluding tert-OH is 1. The highest BCUT2D eigenvalue weighted by Gasteiger charge is 2.27. The molecule has 2 rings (SSSR count). The van der Waals surface area contributed by atoms with Gasteiger partial charge in [0.25, 0.3) is 0 Å². The fraction of sp³-hybridized carbons (Fsp3) is 0.667. The van der Waals surface area contributed by atoms with Crippen LogP contribution in [0, 0.1) is 0 Å². The Kier molecular flexibility index (Phi) is 1.89. The molecular weight excluding hydrogens is 152 g/mol. The van der Waals surface area contributed by atoms with E-state index in [9.17, 15) is 0 Å². The first-order chi connectivity index (χ1) is 5.81. The molecular formula is C9H14N2O. The number of nitrogens with zero attached hydrogens (tertiary/aromatic N) is 2. The first-order valence-electron chi connectivity index (χ1n) is 4.44. The molecule has 0 amide bonds. The Balaban J connectivity index is 2.24. The van der Waals surface area contributed by atoms with E-state index in [4.69, 9.17) is 5.11 Å². The van der Waals surface area contributed by atoms with Crippen molar-refractivity contribution < 1.29 is 5.11 Å². The molecule has 0 radical (unpaired) electrons. The van der Waals surface area contributed by atoms with E-state index < -0.39 is 0 Å². The molecule has 0 unspecified atom stereocenters. The minimum Gasteiger partial charge on any atom is -0.396 e. The summed E-state index contributed by atoms with van der Waals surface area (Å²) in [7, 11) is 1.94. The van der Waals surface area contributed by atoms with Crippen LogP contribution in [0.4, 0.5) is 0 Å². The van der Waals surface area contributed by atoms with Gasteiger partial charge >= 0.3 is 0 Å². The number of aromatic nitrogens is 2. The third-order valence-corrected chi connectivity index (χ3v) is 2.30. The Morgan fingerprint density at radius 2 is 2.42 bits per heavy atom. The van der Waals surface area contributed by atoms with Gasteiger partial charge < -0.3 is 5.11 Å². The Bertz CT molecular complexity index is 276. The third kappa shape index (κ3) is 1.37. The lowest BCUT2D eigenvalue weighted by Gasteiger charge is -1.95. The molecule has 0 aromatic carbocycles. The molecule has 0 spiro atoms. The summed E-state index contributed by atoms with van der Waals surface area (Å²) >= 11 is 0. The van der Waals surface area contributed by atoms with Crippen molar-refractivity contribution in [2.45, 2.75) is 25.2 Å². The summed E-state index contributed by atoms with van der Waals surface area (Å²) in [5.74, 6) is 0.736. The highest BCUT2D eigenvalue weighted by Crippen LogP contribution is 2.41. The van der Waals surface area contributed by atoms with E-state index in [1.807, 2.05) is 11.7 Å². The van der Waals surface area contributed by atoms with Crippen molar-refractivity contribution in [2.24, 2.45) is 7.05 Å². The topological polar surface area (TPSA) is 38.0 Å². The molecule has 1 aromatic heterocycles. The van der Waals surface area contributed by atoms with Gasteiger partial charge in [0, 0.05) is 26.3 Å². The normalized spacial score (nSPS) is 16.8. The van der Waals surface area contributed by atoms with Crippen LogP contribution in [-0.2, 0) is 13.5 Å². The summed E-state index contributed by atoms with van der Waals surface area (Å²) in [4.78, 5) is 0. The van der Waals surface area contributed by atoms with Gasteiger partial charge in [0.1, 0.15) is 0 Å². The van der Waals surface area contributed by atoms with Gasteiger partial charge in [-0.1, -0.05) is 0 Å². The summed E-state index contributed by atoms with van der Waals surface area (Å²) in [5, 5.41) is 13.1. The second kappa shape index (κ2) is 2.90. The molecule has 1 fully saturated rings. The Morgan fingerprint density at radius 1 is 1.67 bits per heavy atom. The minimum atomic E-state index is 0.205. The molecule has 0 bridgehead atoms. The molecule has 66 valence electrons. The molecule has 1 saturated carbocycles. The fourth-order valence-corrected chi connectivity index (χ4v) is 1.59. The van der Waals surface area contributed by atoms with Crippen LogP contribution in [0.5, 0.6) is 0 Å². The molecule has 1 aliphatic rings. The molecule has 3 heteroatoms. The molecule has 1 heterocycles. The monoisotopic (exact) mass is 166 g/mol. The molecule has 12 heavy (non-hydrogen) atoms. The van der Waals surface area contributed by atoms with Crippen LogP contribution in [0.1, 0.15) is 30.0 Å². The summed E-state index contributed by atoms with van der Waals surface area (Å²) in [6, 6.07) is 0. The molecule has 1 aromatic rings. The van der Waals surface area contributed by atoms with Crippen molar-refractivity contribution in [3.8, 4) is 0 Å². The van der Waals surface area contributed by atoms with E-state index in [0.29, 0.717) is 6.42 Å². The van der Waals surface area contributed by atoms with Crippen LogP contribution in [-0.4, -0.2) is 21.5 Å². The van der Waals surface area contributed by atoms with Gasteiger partial charge in [0.2, 0.25) is 0 Å². The number of hydrogen-bond donors (Lipinski definition) is 1. The maximum Gasteiger partial charge on any atom is 0.0682 e. The third-order valence-electron chi connectivity index (χ3n) is 2.30. The highest BCUT2D eigenvalue weighted by molar-refractivity contribution is 5.26. The van der Waals surface area contributed by atoms with E-state index in [1.54, 1.807) is 0 Å².